The molecule has 0 saturated heterocycles. The normalized spacial score (nSPS) is 11.9. The maximum Gasteiger partial charge on any atom is 0.248 e. The zero-order valence-electron chi connectivity index (χ0n) is 8.40. The summed E-state index contributed by atoms with van der Waals surface area (Å²) >= 11 is 5.53. The summed E-state index contributed by atoms with van der Waals surface area (Å²) in [4.78, 5) is 17.9. The molecule has 5 heteroatoms. The zero-order valence-corrected chi connectivity index (χ0v) is 9.16. The summed E-state index contributed by atoms with van der Waals surface area (Å²) in [7, 11) is 0. The zero-order chi connectivity index (χ0) is 11.5. The molecule has 0 unspecified atom stereocenters. The highest BCUT2D eigenvalue weighted by Crippen LogP contribution is 2.19. The number of hydrogen-bond acceptors (Lipinski definition) is 2. The van der Waals surface area contributed by atoms with Crippen molar-refractivity contribution >= 4 is 33.9 Å². The standard InChI is InChI=1S/C11H10ClN3O/c12-5-10(13)15-9-2-1-7-6-14-11(16)4-8(7)3-9/h1-4,6H,5H2,(H2,13,15)(H,14,16). The van der Waals surface area contributed by atoms with Crippen LogP contribution in [0.2, 0.25) is 0 Å². The average Bonchev–Trinajstić information content (AvgIpc) is 2.28. The number of nitrogens with one attached hydrogen (secondary N) is 1. The number of halogens is 1. The van der Waals surface area contributed by atoms with Crippen LogP contribution < -0.4 is 11.3 Å². The van der Waals surface area contributed by atoms with Gasteiger partial charge < -0.3 is 10.7 Å². The summed E-state index contributed by atoms with van der Waals surface area (Å²) in [5, 5.41) is 1.77. The third-order valence-electron chi connectivity index (χ3n) is 2.14. The molecule has 0 bridgehead atoms. The molecule has 0 aliphatic rings. The van der Waals surface area contributed by atoms with Crippen LogP contribution in [0.25, 0.3) is 10.8 Å². The molecule has 0 aliphatic carbocycles. The Bertz CT molecular complexity index is 603. The minimum Gasteiger partial charge on any atom is -0.386 e. The summed E-state index contributed by atoms with van der Waals surface area (Å²) in [5.41, 5.74) is 6.08. The predicted molar refractivity (Wildman–Crippen MR) is 66.6 cm³/mol. The van der Waals surface area contributed by atoms with E-state index >= 15 is 0 Å². The number of nitrogens with zero attached hydrogens (tertiary/aromatic N) is 1. The lowest BCUT2D eigenvalue weighted by Crippen LogP contribution is -2.12. The smallest absolute Gasteiger partial charge is 0.248 e. The second-order valence-corrected chi connectivity index (χ2v) is 3.61. The number of aliphatic imine (C=N–C) groups is 1. The van der Waals surface area contributed by atoms with Gasteiger partial charge in [-0.3, -0.25) is 4.79 Å². The lowest BCUT2D eigenvalue weighted by Gasteiger charge is -1.99. The number of amidine groups is 1. The number of rotatable bonds is 2. The molecular weight excluding hydrogens is 226 g/mol. The molecule has 1 aromatic heterocycles. The maximum atomic E-state index is 11.1. The van der Waals surface area contributed by atoms with Crippen molar-refractivity contribution in [3.63, 3.8) is 0 Å². The molecular formula is C11H10ClN3O. The highest BCUT2D eigenvalue weighted by molar-refractivity contribution is 6.28. The molecule has 3 N–H and O–H groups in total. The molecule has 0 spiro atoms. The number of fused-ring (bicyclic) bond motifs is 1. The number of alkyl halides is 1. The van der Waals surface area contributed by atoms with Crippen molar-refractivity contribution < 1.29 is 0 Å². The number of pyridine rings is 1. The molecule has 1 heterocycles. The number of nitrogens with two attached hydrogens (primary N) is 1. The summed E-state index contributed by atoms with van der Waals surface area (Å²) < 4.78 is 0. The van der Waals surface area contributed by atoms with Gasteiger partial charge in [0.05, 0.1) is 11.6 Å². The highest BCUT2D eigenvalue weighted by Gasteiger charge is 1.97. The first-order chi connectivity index (χ1) is 7.69. The third-order valence-corrected chi connectivity index (χ3v) is 2.41. The van der Waals surface area contributed by atoms with Crippen molar-refractivity contribution in [1.29, 1.82) is 0 Å². The second-order valence-electron chi connectivity index (χ2n) is 3.35. The van der Waals surface area contributed by atoms with Gasteiger partial charge in [-0.1, -0.05) is 6.07 Å². The third kappa shape index (κ3) is 2.23. The van der Waals surface area contributed by atoms with E-state index in [0.717, 1.165) is 10.8 Å². The summed E-state index contributed by atoms with van der Waals surface area (Å²) in [6, 6.07) is 7.00. The number of hydrogen-bond donors (Lipinski definition) is 2. The topological polar surface area (TPSA) is 71.2 Å². The van der Waals surface area contributed by atoms with E-state index in [9.17, 15) is 4.79 Å². The van der Waals surface area contributed by atoms with Gasteiger partial charge in [-0.25, -0.2) is 4.99 Å². The van der Waals surface area contributed by atoms with Gasteiger partial charge in [0.2, 0.25) is 5.56 Å². The van der Waals surface area contributed by atoms with Gasteiger partial charge in [-0.2, -0.15) is 0 Å². The van der Waals surface area contributed by atoms with Gasteiger partial charge in [0.25, 0.3) is 0 Å². The quantitative estimate of drug-likeness (QED) is 0.473. The Balaban J connectivity index is 2.55. The lowest BCUT2D eigenvalue weighted by molar-refractivity contribution is 1.27. The van der Waals surface area contributed by atoms with Crippen LogP contribution in [-0.2, 0) is 0 Å². The first-order valence-corrected chi connectivity index (χ1v) is 5.24. The molecule has 2 rings (SSSR count). The van der Waals surface area contributed by atoms with E-state index in [1.165, 1.54) is 6.07 Å². The van der Waals surface area contributed by atoms with Crippen molar-refractivity contribution in [3.8, 4) is 0 Å². The summed E-state index contributed by atoms with van der Waals surface area (Å²) in [6.45, 7) is 0. The van der Waals surface area contributed by atoms with Gasteiger partial charge in [-0.15, -0.1) is 11.6 Å². The molecule has 16 heavy (non-hydrogen) atoms. The summed E-state index contributed by atoms with van der Waals surface area (Å²) in [5.74, 6) is 0.541. The van der Waals surface area contributed by atoms with Gasteiger partial charge in [0.15, 0.2) is 0 Å². The molecule has 82 valence electrons. The first kappa shape index (κ1) is 10.7. The molecule has 0 fully saturated rings. The van der Waals surface area contributed by atoms with Crippen molar-refractivity contribution in [2.75, 3.05) is 5.88 Å². The molecule has 4 nitrogen and oxygen atoms in total. The van der Waals surface area contributed by atoms with Crippen molar-refractivity contribution in [2.24, 2.45) is 10.7 Å². The van der Waals surface area contributed by atoms with Crippen molar-refractivity contribution in [1.82, 2.24) is 4.98 Å². The fraction of sp³-hybridized carbons (Fsp3) is 0.0909. The molecule has 0 saturated carbocycles. The van der Waals surface area contributed by atoms with Gasteiger partial charge >= 0.3 is 0 Å². The lowest BCUT2D eigenvalue weighted by atomic mass is 10.1. The minimum atomic E-state index is -0.140. The SMILES string of the molecule is NC(CCl)=Nc1ccc2c[nH]c(=O)cc2c1. The Labute approximate surface area is 96.8 Å². The highest BCUT2D eigenvalue weighted by atomic mass is 35.5. The van der Waals surface area contributed by atoms with Crippen LogP contribution in [0.5, 0.6) is 0 Å². The van der Waals surface area contributed by atoms with Crippen LogP contribution in [-0.4, -0.2) is 16.7 Å². The van der Waals surface area contributed by atoms with Crippen LogP contribution in [0.15, 0.2) is 40.2 Å². The Morgan fingerprint density at radius 3 is 2.94 bits per heavy atom. The predicted octanol–water partition coefficient (Wildman–Crippen LogP) is 1.76. The number of H-pyrrole nitrogens is 1. The van der Waals surface area contributed by atoms with E-state index in [0.29, 0.717) is 11.5 Å². The van der Waals surface area contributed by atoms with Crippen LogP contribution in [0.1, 0.15) is 0 Å². The molecule has 0 atom stereocenters. The fourth-order valence-corrected chi connectivity index (χ4v) is 1.48. The Morgan fingerprint density at radius 1 is 1.38 bits per heavy atom. The van der Waals surface area contributed by atoms with Gasteiger partial charge in [0.1, 0.15) is 5.84 Å². The molecule has 0 amide bonds. The van der Waals surface area contributed by atoms with Crippen LogP contribution in [0.3, 0.4) is 0 Å². The summed E-state index contributed by atoms with van der Waals surface area (Å²) in [6.07, 6.45) is 1.66. The average molecular weight is 236 g/mol. The first-order valence-electron chi connectivity index (χ1n) is 4.70. The van der Waals surface area contributed by atoms with E-state index in [4.69, 9.17) is 17.3 Å². The molecule has 0 radical (unpaired) electrons. The van der Waals surface area contributed by atoms with E-state index in [1.54, 1.807) is 12.3 Å². The number of aromatic nitrogens is 1. The number of benzene rings is 1. The van der Waals surface area contributed by atoms with Crippen molar-refractivity contribution in [3.05, 3.63) is 40.8 Å². The van der Waals surface area contributed by atoms with E-state index < -0.39 is 0 Å². The Morgan fingerprint density at radius 2 is 2.19 bits per heavy atom. The molecule has 2 aromatic rings. The van der Waals surface area contributed by atoms with Gasteiger partial charge in [0, 0.05) is 12.3 Å². The maximum absolute atomic E-state index is 11.1. The number of aromatic amines is 1. The van der Waals surface area contributed by atoms with E-state index in [1.807, 2.05) is 12.1 Å². The fourth-order valence-electron chi connectivity index (χ4n) is 1.42. The van der Waals surface area contributed by atoms with Crippen molar-refractivity contribution in [2.45, 2.75) is 0 Å². The van der Waals surface area contributed by atoms with Crippen LogP contribution in [0.4, 0.5) is 5.69 Å². The minimum absolute atomic E-state index is 0.140. The molecule has 0 aliphatic heterocycles. The monoisotopic (exact) mass is 235 g/mol. The van der Waals surface area contributed by atoms with E-state index in [2.05, 4.69) is 9.98 Å². The Kier molecular flexibility index (Phi) is 2.92. The van der Waals surface area contributed by atoms with Crippen LogP contribution >= 0.6 is 11.6 Å². The van der Waals surface area contributed by atoms with Crippen LogP contribution in [0, 0.1) is 0 Å². The largest absolute Gasteiger partial charge is 0.386 e. The second kappa shape index (κ2) is 4.37. The molecule has 1 aromatic carbocycles. The Hall–Kier alpha value is -1.81. The van der Waals surface area contributed by atoms with E-state index in [-0.39, 0.29) is 11.4 Å². The van der Waals surface area contributed by atoms with Gasteiger partial charge in [-0.05, 0) is 22.9 Å².